The molecule has 2 heterocycles. The van der Waals surface area contributed by atoms with Crippen LogP contribution in [-0.4, -0.2) is 27.9 Å². The summed E-state index contributed by atoms with van der Waals surface area (Å²) in [5.41, 5.74) is 2.58. The summed E-state index contributed by atoms with van der Waals surface area (Å²) in [5, 5.41) is 2.84. The van der Waals surface area contributed by atoms with E-state index in [0.717, 1.165) is 22.7 Å². The third-order valence-electron chi connectivity index (χ3n) is 3.67. The summed E-state index contributed by atoms with van der Waals surface area (Å²) in [6.45, 7) is 1.90. The van der Waals surface area contributed by atoms with Crippen molar-refractivity contribution in [1.29, 1.82) is 0 Å². The topological polar surface area (TPSA) is 68.0 Å². The zero-order chi connectivity index (χ0) is 18.4. The van der Waals surface area contributed by atoms with Gasteiger partial charge in [-0.05, 0) is 49.6 Å². The minimum Gasteiger partial charge on any atom is -0.441 e. The van der Waals surface area contributed by atoms with E-state index in [1.165, 1.54) is 16.7 Å². The van der Waals surface area contributed by atoms with Crippen LogP contribution in [0.2, 0.25) is 0 Å². The number of nitrogens with one attached hydrogen (secondary N) is 1. The number of nitrogens with zero attached hydrogens (tertiary/aromatic N) is 2. The summed E-state index contributed by atoms with van der Waals surface area (Å²) >= 11 is 3.21. The number of amides is 1. The lowest BCUT2D eigenvalue weighted by atomic mass is 10.2. The molecule has 2 aromatic heterocycles. The Bertz CT molecular complexity index is 864. The number of anilines is 1. The van der Waals surface area contributed by atoms with Crippen LogP contribution in [0.4, 0.5) is 5.69 Å². The Labute approximate surface area is 161 Å². The highest BCUT2D eigenvalue weighted by atomic mass is 32.2. The molecule has 0 spiro atoms. The minimum absolute atomic E-state index is 0.0461. The zero-order valence-electron chi connectivity index (χ0n) is 14.6. The summed E-state index contributed by atoms with van der Waals surface area (Å²) < 4.78 is 5.79. The van der Waals surface area contributed by atoms with Gasteiger partial charge in [-0.3, -0.25) is 9.78 Å². The van der Waals surface area contributed by atoms with Crippen molar-refractivity contribution in [3.05, 3.63) is 60.2 Å². The molecule has 3 aromatic rings. The summed E-state index contributed by atoms with van der Waals surface area (Å²) in [6, 6.07) is 11.7. The number of rotatable bonds is 7. The number of pyridine rings is 1. The third kappa shape index (κ3) is 4.89. The summed E-state index contributed by atoms with van der Waals surface area (Å²) in [6.07, 6.45) is 5.34. The molecule has 3 rings (SSSR count). The number of benzene rings is 1. The molecule has 0 saturated carbocycles. The van der Waals surface area contributed by atoms with Gasteiger partial charge in [0.2, 0.25) is 11.8 Å². The quantitative estimate of drug-likeness (QED) is 0.598. The van der Waals surface area contributed by atoms with Crippen LogP contribution in [0.5, 0.6) is 0 Å². The molecule has 0 unspecified atom stereocenters. The Morgan fingerprint density at radius 3 is 2.58 bits per heavy atom. The molecule has 0 atom stereocenters. The first-order chi connectivity index (χ1) is 12.7. The van der Waals surface area contributed by atoms with Gasteiger partial charge in [-0.2, -0.15) is 0 Å². The van der Waals surface area contributed by atoms with E-state index in [0.29, 0.717) is 17.4 Å². The number of aryl methyl sites for hydroxylation is 1. The fraction of sp³-hybridized carbons (Fsp3) is 0.211. The van der Waals surface area contributed by atoms with E-state index in [1.807, 2.05) is 25.3 Å². The lowest BCUT2D eigenvalue weighted by Crippen LogP contribution is -2.14. The highest BCUT2D eigenvalue weighted by Crippen LogP contribution is 2.26. The normalized spacial score (nSPS) is 10.7. The average Bonchev–Trinajstić information content (AvgIpc) is 3.03. The van der Waals surface area contributed by atoms with E-state index < -0.39 is 0 Å². The van der Waals surface area contributed by atoms with Crippen molar-refractivity contribution in [2.45, 2.75) is 17.6 Å². The van der Waals surface area contributed by atoms with Crippen molar-refractivity contribution in [3.63, 3.8) is 0 Å². The predicted octanol–water partition coefficient (Wildman–Crippen LogP) is 4.64. The molecule has 0 fully saturated rings. The van der Waals surface area contributed by atoms with Gasteiger partial charge in [0.05, 0.1) is 11.4 Å². The van der Waals surface area contributed by atoms with Gasteiger partial charge in [-0.1, -0.05) is 0 Å². The largest absolute Gasteiger partial charge is 0.441 e. The Hall–Kier alpha value is -2.25. The Morgan fingerprint density at radius 2 is 1.88 bits per heavy atom. The number of aromatic nitrogens is 2. The first-order valence-electron chi connectivity index (χ1n) is 8.04. The highest BCUT2D eigenvalue weighted by Gasteiger charge is 2.12. The van der Waals surface area contributed by atoms with E-state index in [2.05, 4.69) is 27.4 Å². The SMILES string of the molecule is CSc1ccc(-c2nc(CSCC(=O)Nc3ccncc3)c(C)o2)cc1. The molecule has 0 bridgehead atoms. The van der Waals surface area contributed by atoms with Crippen molar-refractivity contribution in [2.24, 2.45) is 0 Å². The number of thioether (sulfide) groups is 2. The van der Waals surface area contributed by atoms with Crippen molar-refractivity contribution in [2.75, 3.05) is 17.3 Å². The maximum absolute atomic E-state index is 12.0. The Kier molecular flexibility index (Phi) is 6.35. The molecule has 0 aliphatic carbocycles. The van der Waals surface area contributed by atoms with Gasteiger partial charge in [0, 0.05) is 34.3 Å². The monoisotopic (exact) mass is 385 g/mol. The molecule has 1 N–H and O–H groups in total. The molecule has 134 valence electrons. The van der Waals surface area contributed by atoms with Crippen molar-refractivity contribution in [3.8, 4) is 11.5 Å². The van der Waals surface area contributed by atoms with Gasteiger partial charge in [-0.25, -0.2) is 4.98 Å². The number of hydrogen-bond acceptors (Lipinski definition) is 6. The van der Waals surface area contributed by atoms with Crippen LogP contribution < -0.4 is 5.32 Å². The molecule has 5 nitrogen and oxygen atoms in total. The standard InChI is InChI=1S/C19H19N3O2S2/c1-13-17(11-26-12-18(23)21-15-7-9-20-10-8-15)22-19(24-13)14-3-5-16(25-2)6-4-14/h3-10H,11-12H2,1-2H3,(H,20,21,23). The predicted molar refractivity (Wildman–Crippen MR) is 107 cm³/mol. The molecule has 0 saturated heterocycles. The van der Waals surface area contributed by atoms with Crippen molar-refractivity contribution in [1.82, 2.24) is 9.97 Å². The maximum Gasteiger partial charge on any atom is 0.234 e. The van der Waals surface area contributed by atoms with Crippen LogP contribution in [0.25, 0.3) is 11.5 Å². The van der Waals surface area contributed by atoms with Crippen molar-refractivity contribution >= 4 is 35.1 Å². The van der Waals surface area contributed by atoms with E-state index in [4.69, 9.17) is 4.42 Å². The Balaban J connectivity index is 1.55. The van der Waals surface area contributed by atoms with Gasteiger partial charge < -0.3 is 9.73 Å². The summed E-state index contributed by atoms with van der Waals surface area (Å²) in [7, 11) is 0. The van der Waals surface area contributed by atoms with Gasteiger partial charge in [0.15, 0.2) is 0 Å². The van der Waals surface area contributed by atoms with Gasteiger partial charge in [0.1, 0.15) is 5.76 Å². The van der Waals surface area contributed by atoms with E-state index in [9.17, 15) is 4.79 Å². The van der Waals surface area contributed by atoms with Crippen LogP contribution in [-0.2, 0) is 10.5 Å². The fourth-order valence-corrected chi connectivity index (χ4v) is 3.52. The second-order valence-corrected chi connectivity index (χ2v) is 7.39. The molecule has 0 aliphatic rings. The van der Waals surface area contributed by atoms with Crippen LogP contribution in [0.3, 0.4) is 0 Å². The molecule has 26 heavy (non-hydrogen) atoms. The second kappa shape index (κ2) is 8.91. The van der Waals surface area contributed by atoms with Crippen LogP contribution in [0, 0.1) is 6.92 Å². The molecule has 7 heteroatoms. The fourth-order valence-electron chi connectivity index (χ4n) is 2.29. The van der Waals surface area contributed by atoms with Gasteiger partial charge in [0.25, 0.3) is 0 Å². The number of carbonyl (C=O) groups excluding carboxylic acids is 1. The van der Waals surface area contributed by atoms with E-state index in [-0.39, 0.29) is 5.91 Å². The second-order valence-electron chi connectivity index (χ2n) is 5.53. The third-order valence-corrected chi connectivity index (χ3v) is 5.35. The summed E-state index contributed by atoms with van der Waals surface area (Å²) in [4.78, 5) is 21.7. The molecule has 1 amide bonds. The first-order valence-corrected chi connectivity index (χ1v) is 10.4. The number of oxazole rings is 1. The minimum atomic E-state index is -0.0461. The van der Waals surface area contributed by atoms with E-state index >= 15 is 0 Å². The molecular weight excluding hydrogens is 366 g/mol. The van der Waals surface area contributed by atoms with Crippen LogP contribution >= 0.6 is 23.5 Å². The van der Waals surface area contributed by atoms with Gasteiger partial charge in [-0.15, -0.1) is 23.5 Å². The highest BCUT2D eigenvalue weighted by molar-refractivity contribution is 7.99. The Morgan fingerprint density at radius 1 is 1.15 bits per heavy atom. The van der Waals surface area contributed by atoms with E-state index in [1.54, 1.807) is 36.3 Å². The smallest absolute Gasteiger partial charge is 0.234 e. The lowest BCUT2D eigenvalue weighted by molar-refractivity contribution is -0.113. The van der Waals surface area contributed by atoms with Crippen molar-refractivity contribution < 1.29 is 9.21 Å². The average molecular weight is 386 g/mol. The molecular formula is C19H19N3O2S2. The molecule has 1 aromatic carbocycles. The number of hydrogen-bond donors (Lipinski definition) is 1. The first kappa shape index (κ1) is 18.5. The summed E-state index contributed by atoms with van der Waals surface area (Å²) in [5.74, 6) is 2.34. The lowest BCUT2D eigenvalue weighted by Gasteiger charge is -2.03. The maximum atomic E-state index is 12.0. The van der Waals surface area contributed by atoms with Crippen LogP contribution in [0.15, 0.2) is 58.1 Å². The molecule has 0 aliphatic heterocycles. The van der Waals surface area contributed by atoms with Gasteiger partial charge >= 0.3 is 0 Å². The molecule has 0 radical (unpaired) electrons. The number of carbonyl (C=O) groups is 1. The zero-order valence-corrected chi connectivity index (χ0v) is 16.2. The van der Waals surface area contributed by atoms with Crippen LogP contribution in [0.1, 0.15) is 11.5 Å².